The highest BCUT2D eigenvalue weighted by atomic mass is 32.2. The molecule has 2 aromatic rings. The number of aliphatic imine (C=N–C) groups is 1. The Bertz CT molecular complexity index is 1000. The molecule has 158 valence electrons. The summed E-state index contributed by atoms with van der Waals surface area (Å²) in [5.41, 5.74) is 3.85. The smallest absolute Gasteiger partial charge is 0.266 e. The Morgan fingerprint density at radius 2 is 1.70 bits per heavy atom. The minimum Gasteiger partial charge on any atom is -0.493 e. The van der Waals surface area contributed by atoms with E-state index in [1.165, 1.54) is 11.8 Å². The first-order valence-electron chi connectivity index (χ1n) is 9.59. The van der Waals surface area contributed by atoms with Crippen LogP contribution in [0.1, 0.15) is 23.6 Å². The highest BCUT2D eigenvalue weighted by molar-refractivity contribution is 8.18. The molecule has 2 aromatic carbocycles. The second kappa shape index (κ2) is 9.26. The van der Waals surface area contributed by atoms with E-state index < -0.39 is 0 Å². The third-order valence-electron chi connectivity index (χ3n) is 4.77. The van der Waals surface area contributed by atoms with Gasteiger partial charge in [0, 0.05) is 6.54 Å². The van der Waals surface area contributed by atoms with Crippen molar-refractivity contribution in [1.82, 2.24) is 4.90 Å². The number of hydrogen-bond donors (Lipinski definition) is 0. The monoisotopic (exact) mass is 426 g/mol. The molecule has 0 saturated carbocycles. The molecule has 3 rings (SSSR count). The summed E-state index contributed by atoms with van der Waals surface area (Å²) in [4.78, 5) is 20.1. The molecule has 1 saturated heterocycles. The number of carbonyl (C=O) groups excluding carboxylic acids is 1. The molecule has 1 heterocycles. The topological polar surface area (TPSA) is 60.4 Å². The van der Waals surface area contributed by atoms with E-state index in [-0.39, 0.29) is 5.91 Å². The SMILES string of the molecule is CCN1C(=O)/C(=C\c2cc(OC)c(OC)c(OC)c2)SC1=Nc1cc(C)ccc1C. The Morgan fingerprint density at radius 1 is 1.03 bits per heavy atom. The first-order chi connectivity index (χ1) is 14.4. The first-order valence-corrected chi connectivity index (χ1v) is 10.4. The molecule has 1 aliphatic heterocycles. The van der Waals surface area contributed by atoms with Crippen molar-refractivity contribution in [2.24, 2.45) is 4.99 Å². The van der Waals surface area contributed by atoms with Gasteiger partial charge in [-0.2, -0.15) is 0 Å². The second-order valence-corrected chi connectivity index (χ2v) is 7.81. The maximum absolute atomic E-state index is 13.0. The van der Waals surface area contributed by atoms with Crippen molar-refractivity contribution in [3.05, 3.63) is 51.9 Å². The lowest BCUT2D eigenvalue weighted by molar-refractivity contribution is -0.122. The van der Waals surface area contributed by atoms with Gasteiger partial charge in [-0.25, -0.2) is 4.99 Å². The van der Waals surface area contributed by atoms with E-state index in [0.29, 0.717) is 33.9 Å². The lowest BCUT2D eigenvalue weighted by atomic mass is 10.1. The molecule has 0 N–H and O–H groups in total. The Hall–Kier alpha value is -2.93. The van der Waals surface area contributed by atoms with Crippen molar-refractivity contribution in [3.8, 4) is 17.2 Å². The van der Waals surface area contributed by atoms with Crippen LogP contribution in [0.3, 0.4) is 0 Å². The van der Waals surface area contributed by atoms with Gasteiger partial charge in [-0.05, 0) is 73.5 Å². The Kier molecular flexibility index (Phi) is 6.72. The van der Waals surface area contributed by atoms with Gasteiger partial charge in [0.25, 0.3) is 5.91 Å². The number of carbonyl (C=O) groups is 1. The molecule has 0 unspecified atom stereocenters. The van der Waals surface area contributed by atoms with E-state index in [9.17, 15) is 4.79 Å². The Labute approximate surface area is 181 Å². The summed E-state index contributed by atoms with van der Waals surface area (Å²) in [6.45, 7) is 6.54. The van der Waals surface area contributed by atoms with E-state index in [4.69, 9.17) is 19.2 Å². The fourth-order valence-electron chi connectivity index (χ4n) is 3.15. The van der Waals surface area contributed by atoms with Crippen molar-refractivity contribution in [2.45, 2.75) is 20.8 Å². The third kappa shape index (κ3) is 4.31. The predicted octanol–water partition coefficient (Wildman–Crippen LogP) is 4.95. The zero-order chi connectivity index (χ0) is 21.8. The molecular weight excluding hydrogens is 400 g/mol. The van der Waals surface area contributed by atoms with Gasteiger partial charge in [0.1, 0.15) is 0 Å². The number of hydrogen-bond acceptors (Lipinski definition) is 6. The van der Waals surface area contributed by atoms with Crippen LogP contribution in [0.5, 0.6) is 17.2 Å². The van der Waals surface area contributed by atoms with E-state index in [1.54, 1.807) is 26.2 Å². The van der Waals surface area contributed by atoms with Crippen molar-refractivity contribution in [1.29, 1.82) is 0 Å². The minimum absolute atomic E-state index is 0.0692. The number of amides is 1. The molecule has 0 aromatic heterocycles. The quantitative estimate of drug-likeness (QED) is 0.612. The van der Waals surface area contributed by atoms with E-state index in [0.717, 1.165) is 22.4 Å². The average molecular weight is 427 g/mol. The summed E-state index contributed by atoms with van der Waals surface area (Å²) in [5, 5.41) is 0.676. The number of likely N-dealkylation sites (N-methyl/N-ethyl adjacent to an activating group) is 1. The Morgan fingerprint density at radius 3 is 2.27 bits per heavy atom. The number of aryl methyl sites for hydroxylation is 2. The van der Waals surface area contributed by atoms with Crippen molar-refractivity contribution in [2.75, 3.05) is 27.9 Å². The lowest BCUT2D eigenvalue weighted by Gasteiger charge is -2.13. The molecule has 0 aliphatic carbocycles. The summed E-state index contributed by atoms with van der Waals surface area (Å²) in [7, 11) is 4.69. The second-order valence-electron chi connectivity index (χ2n) is 6.80. The van der Waals surface area contributed by atoms with Crippen molar-refractivity contribution < 1.29 is 19.0 Å². The number of thioether (sulfide) groups is 1. The molecule has 0 bridgehead atoms. The fourth-order valence-corrected chi connectivity index (χ4v) is 4.20. The first kappa shape index (κ1) is 21.8. The van der Waals surface area contributed by atoms with Gasteiger partial charge in [0.2, 0.25) is 5.75 Å². The molecule has 1 amide bonds. The minimum atomic E-state index is -0.0692. The Balaban J connectivity index is 2.02. The third-order valence-corrected chi connectivity index (χ3v) is 5.78. The molecule has 6 nitrogen and oxygen atoms in total. The van der Waals surface area contributed by atoms with Crippen LogP contribution < -0.4 is 14.2 Å². The van der Waals surface area contributed by atoms with E-state index in [2.05, 4.69) is 6.07 Å². The van der Waals surface area contributed by atoms with E-state index >= 15 is 0 Å². The average Bonchev–Trinajstić information content (AvgIpc) is 3.03. The van der Waals surface area contributed by atoms with Crippen LogP contribution in [0, 0.1) is 13.8 Å². The van der Waals surface area contributed by atoms with Gasteiger partial charge < -0.3 is 14.2 Å². The zero-order valence-corrected chi connectivity index (χ0v) is 18.9. The molecule has 30 heavy (non-hydrogen) atoms. The fraction of sp³-hybridized carbons (Fsp3) is 0.304. The summed E-state index contributed by atoms with van der Waals surface area (Å²) in [6, 6.07) is 9.76. The molecule has 0 spiro atoms. The summed E-state index contributed by atoms with van der Waals surface area (Å²) >= 11 is 1.37. The van der Waals surface area contributed by atoms with Crippen LogP contribution >= 0.6 is 11.8 Å². The van der Waals surface area contributed by atoms with Gasteiger partial charge >= 0.3 is 0 Å². The predicted molar refractivity (Wildman–Crippen MR) is 122 cm³/mol. The highest BCUT2D eigenvalue weighted by Gasteiger charge is 2.32. The van der Waals surface area contributed by atoms with Gasteiger partial charge in [0.15, 0.2) is 16.7 Å². The van der Waals surface area contributed by atoms with Crippen LogP contribution in [0.2, 0.25) is 0 Å². The maximum Gasteiger partial charge on any atom is 0.266 e. The standard InChI is InChI=1S/C23H26N2O4S/c1-7-25-22(26)20(30-23(25)24-17-10-14(2)8-9-15(17)3)13-16-11-18(27-4)21(29-6)19(12-16)28-5/h8-13H,7H2,1-6H3/b20-13+,24-23?. The maximum atomic E-state index is 13.0. The lowest BCUT2D eigenvalue weighted by Crippen LogP contribution is -2.28. The zero-order valence-electron chi connectivity index (χ0n) is 18.1. The summed E-state index contributed by atoms with van der Waals surface area (Å²) in [6.07, 6.45) is 1.83. The molecule has 7 heteroatoms. The highest BCUT2D eigenvalue weighted by Crippen LogP contribution is 2.40. The molecule has 1 aliphatic rings. The molecule has 0 atom stereocenters. The van der Waals surface area contributed by atoms with Gasteiger partial charge in [-0.15, -0.1) is 0 Å². The van der Waals surface area contributed by atoms with Gasteiger partial charge in [0.05, 0.1) is 31.9 Å². The number of rotatable bonds is 6. The molecular formula is C23H26N2O4S. The van der Waals surface area contributed by atoms with Crippen LogP contribution in [-0.4, -0.2) is 43.8 Å². The van der Waals surface area contributed by atoms with Gasteiger partial charge in [-0.3, -0.25) is 9.69 Å². The number of nitrogens with zero attached hydrogens (tertiary/aromatic N) is 2. The number of amidine groups is 1. The van der Waals surface area contributed by atoms with Crippen molar-refractivity contribution in [3.63, 3.8) is 0 Å². The van der Waals surface area contributed by atoms with Crippen molar-refractivity contribution >= 4 is 34.6 Å². The normalized spacial score (nSPS) is 16.5. The summed E-state index contributed by atoms with van der Waals surface area (Å²) < 4.78 is 16.2. The molecule has 0 radical (unpaired) electrons. The largest absolute Gasteiger partial charge is 0.493 e. The van der Waals surface area contributed by atoms with Crippen LogP contribution in [0.25, 0.3) is 6.08 Å². The van der Waals surface area contributed by atoms with Crippen LogP contribution in [0.4, 0.5) is 5.69 Å². The van der Waals surface area contributed by atoms with Crippen LogP contribution in [0.15, 0.2) is 40.2 Å². The van der Waals surface area contributed by atoms with E-state index in [1.807, 2.05) is 51.1 Å². The molecule has 1 fully saturated rings. The van der Waals surface area contributed by atoms with Crippen LogP contribution in [-0.2, 0) is 4.79 Å². The number of benzene rings is 2. The number of methoxy groups -OCH3 is 3. The number of ether oxygens (including phenoxy) is 3. The summed E-state index contributed by atoms with van der Waals surface area (Å²) in [5.74, 6) is 1.52. The van der Waals surface area contributed by atoms with Gasteiger partial charge in [-0.1, -0.05) is 12.1 Å².